The Morgan fingerprint density at radius 1 is 1.06 bits per heavy atom. The highest BCUT2D eigenvalue weighted by Crippen LogP contribution is 2.32. The van der Waals surface area contributed by atoms with Gasteiger partial charge in [-0.3, -0.25) is 9.59 Å². The summed E-state index contributed by atoms with van der Waals surface area (Å²) in [7, 11) is 1.56. The van der Waals surface area contributed by atoms with Crippen molar-refractivity contribution in [3.63, 3.8) is 0 Å². The highest BCUT2D eigenvalue weighted by molar-refractivity contribution is 8.00. The third-order valence-electron chi connectivity index (χ3n) is 5.21. The van der Waals surface area contributed by atoms with Crippen molar-refractivity contribution in [2.24, 2.45) is 0 Å². The number of halogens is 3. The zero-order chi connectivity index (χ0) is 23.8. The largest absolute Gasteiger partial charge is 0.416 e. The highest BCUT2D eigenvalue weighted by Gasteiger charge is 2.31. The number of rotatable bonds is 8. The lowest BCUT2D eigenvalue weighted by Gasteiger charge is -2.36. The minimum Gasteiger partial charge on any atom is -0.383 e. The van der Waals surface area contributed by atoms with Crippen LogP contribution in [0.25, 0.3) is 0 Å². The van der Waals surface area contributed by atoms with Gasteiger partial charge in [-0.15, -0.1) is 11.8 Å². The van der Waals surface area contributed by atoms with Gasteiger partial charge in [0.25, 0.3) is 5.91 Å². The van der Waals surface area contributed by atoms with Crippen LogP contribution in [0.1, 0.15) is 15.9 Å². The van der Waals surface area contributed by atoms with Crippen molar-refractivity contribution >= 4 is 29.3 Å². The van der Waals surface area contributed by atoms with E-state index in [1.54, 1.807) is 36.3 Å². The number of carbonyl (C=O) groups excluding carboxylic acids is 2. The summed E-state index contributed by atoms with van der Waals surface area (Å²) in [5.41, 5.74) is 0.322. The van der Waals surface area contributed by atoms with Crippen LogP contribution in [0.4, 0.5) is 18.9 Å². The number of amides is 2. The molecule has 3 rings (SSSR count). The van der Waals surface area contributed by atoms with Crippen LogP contribution in [-0.4, -0.2) is 68.9 Å². The van der Waals surface area contributed by atoms with E-state index >= 15 is 0 Å². The molecule has 33 heavy (non-hydrogen) atoms. The minimum atomic E-state index is -4.39. The third kappa shape index (κ3) is 6.88. The maximum absolute atomic E-state index is 13.1. The number of piperazine rings is 1. The second-order valence-electron chi connectivity index (χ2n) is 7.45. The van der Waals surface area contributed by atoms with Crippen LogP contribution in [0.2, 0.25) is 0 Å². The van der Waals surface area contributed by atoms with Crippen molar-refractivity contribution < 1.29 is 27.5 Å². The van der Waals surface area contributed by atoms with Gasteiger partial charge in [-0.25, -0.2) is 0 Å². The predicted octanol–water partition coefficient (Wildman–Crippen LogP) is 3.52. The molecule has 0 unspecified atom stereocenters. The molecule has 6 nitrogen and oxygen atoms in total. The lowest BCUT2D eigenvalue weighted by atomic mass is 10.1. The molecule has 1 N–H and O–H groups in total. The molecule has 0 radical (unpaired) electrons. The smallest absolute Gasteiger partial charge is 0.383 e. The van der Waals surface area contributed by atoms with E-state index in [-0.39, 0.29) is 17.6 Å². The first kappa shape index (κ1) is 24.9. The molecule has 0 aliphatic carbocycles. The average molecular weight is 482 g/mol. The van der Waals surface area contributed by atoms with Crippen LogP contribution in [0.5, 0.6) is 0 Å². The maximum atomic E-state index is 13.1. The molecule has 1 aliphatic heterocycles. The van der Waals surface area contributed by atoms with Gasteiger partial charge in [-0.2, -0.15) is 13.2 Å². The summed E-state index contributed by atoms with van der Waals surface area (Å²) < 4.78 is 43.9. The molecular weight excluding hydrogens is 455 g/mol. The fourth-order valence-electron chi connectivity index (χ4n) is 3.47. The number of hydrogen-bond donors (Lipinski definition) is 1. The highest BCUT2D eigenvalue weighted by atomic mass is 32.2. The predicted molar refractivity (Wildman–Crippen MR) is 122 cm³/mol. The summed E-state index contributed by atoms with van der Waals surface area (Å²) in [6.45, 7) is 2.51. The SMILES string of the molecule is COCCNC(=O)CSc1ccccc1C(=O)N1CCN(c2cccc(C(F)(F)F)c2)CC1. The summed E-state index contributed by atoms with van der Waals surface area (Å²) in [5.74, 6) is -0.118. The van der Waals surface area contributed by atoms with E-state index < -0.39 is 11.7 Å². The van der Waals surface area contributed by atoms with Gasteiger partial charge in [-0.05, 0) is 30.3 Å². The first-order valence-electron chi connectivity index (χ1n) is 10.5. The summed E-state index contributed by atoms with van der Waals surface area (Å²) >= 11 is 1.29. The zero-order valence-electron chi connectivity index (χ0n) is 18.2. The van der Waals surface area contributed by atoms with Gasteiger partial charge in [0, 0.05) is 50.4 Å². The minimum absolute atomic E-state index is 0.144. The second kappa shape index (κ2) is 11.4. The molecule has 1 aliphatic rings. The van der Waals surface area contributed by atoms with Crippen molar-refractivity contribution in [3.8, 4) is 0 Å². The number of ether oxygens (including phenoxy) is 1. The van der Waals surface area contributed by atoms with Crippen molar-refractivity contribution in [2.45, 2.75) is 11.1 Å². The van der Waals surface area contributed by atoms with Crippen LogP contribution < -0.4 is 10.2 Å². The molecule has 10 heteroatoms. The van der Waals surface area contributed by atoms with Crippen molar-refractivity contribution in [3.05, 3.63) is 59.7 Å². The maximum Gasteiger partial charge on any atom is 0.416 e. The van der Waals surface area contributed by atoms with Crippen molar-refractivity contribution in [1.29, 1.82) is 0 Å². The number of benzene rings is 2. The molecule has 178 valence electrons. The summed E-state index contributed by atoms with van der Waals surface area (Å²) in [4.78, 5) is 29.4. The van der Waals surface area contributed by atoms with Gasteiger partial charge < -0.3 is 19.9 Å². The van der Waals surface area contributed by atoms with Crippen molar-refractivity contribution in [2.75, 3.05) is 57.1 Å². The van der Waals surface area contributed by atoms with Gasteiger partial charge in [0.2, 0.25) is 5.91 Å². The van der Waals surface area contributed by atoms with Gasteiger partial charge in [-0.1, -0.05) is 18.2 Å². The summed E-state index contributed by atoms with van der Waals surface area (Å²) in [6.07, 6.45) is -4.39. The molecule has 2 amide bonds. The monoisotopic (exact) mass is 481 g/mol. The number of thioether (sulfide) groups is 1. The summed E-state index contributed by atoms with van der Waals surface area (Å²) in [5, 5.41) is 2.74. The molecule has 0 aromatic heterocycles. The van der Waals surface area contributed by atoms with E-state index in [1.807, 2.05) is 11.0 Å². The fourth-order valence-corrected chi connectivity index (χ4v) is 4.35. The Morgan fingerprint density at radius 3 is 2.48 bits per heavy atom. The Bertz CT molecular complexity index is 963. The molecule has 2 aromatic carbocycles. The molecule has 1 fully saturated rings. The number of carbonyl (C=O) groups is 2. The van der Waals surface area contributed by atoms with Crippen LogP contribution in [0, 0.1) is 0 Å². The molecule has 0 saturated carbocycles. The van der Waals surface area contributed by atoms with E-state index in [4.69, 9.17) is 4.74 Å². The number of nitrogens with one attached hydrogen (secondary N) is 1. The number of nitrogens with zero attached hydrogens (tertiary/aromatic N) is 2. The Kier molecular flexibility index (Phi) is 8.62. The first-order chi connectivity index (χ1) is 15.8. The van der Waals surface area contributed by atoms with Gasteiger partial charge in [0.1, 0.15) is 0 Å². The number of methoxy groups -OCH3 is 1. The van der Waals surface area contributed by atoms with Gasteiger partial charge in [0.05, 0.1) is 23.5 Å². The van der Waals surface area contributed by atoms with Crippen LogP contribution in [-0.2, 0) is 15.7 Å². The fraction of sp³-hybridized carbons (Fsp3) is 0.391. The van der Waals surface area contributed by atoms with Crippen LogP contribution in [0.3, 0.4) is 0 Å². The average Bonchev–Trinajstić information content (AvgIpc) is 2.82. The molecule has 1 heterocycles. The van der Waals surface area contributed by atoms with Gasteiger partial charge >= 0.3 is 6.18 Å². The molecule has 2 aromatic rings. The van der Waals surface area contributed by atoms with E-state index in [1.165, 1.54) is 17.8 Å². The molecule has 0 spiro atoms. The van der Waals surface area contributed by atoms with Gasteiger partial charge in [0.15, 0.2) is 0 Å². The standard InChI is InChI=1S/C23H26F3N3O3S/c1-32-14-9-27-21(30)16-33-20-8-3-2-7-19(20)22(31)29-12-10-28(11-13-29)18-6-4-5-17(15-18)23(24,25)26/h2-8,15H,9-14,16H2,1H3,(H,27,30). The third-order valence-corrected chi connectivity index (χ3v) is 6.28. The Morgan fingerprint density at radius 2 is 1.79 bits per heavy atom. The van der Waals surface area contributed by atoms with Crippen LogP contribution in [0.15, 0.2) is 53.4 Å². The Labute approximate surface area is 195 Å². The Hall–Kier alpha value is -2.72. The number of anilines is 1. The normalized spacial score (nSPS) is 14.3. The topological polar surface area (TPSA) is 61.9 Å². The number of alkyl halides is 3. The van der Waals surface area contributed by atoms with E-state index in [9.17, 15) is 22.8 Å². The molecule has 0 bridgehead atoms. The van der Waals surface area contributed by atoms with E-state index in [0.717, 1.165) is 12.1 Å². The quantitative estimate of drug-likeness (QED) is 0.462. The second-order valence-corrected chi connectivity index (χ2v) is 8.47. The molecular formula is C23H26F3N3O3S. The summed E-state index contributed by atoms with van der Waals surface area (Å²) in [6, 6.07) is 12.4. The van der Waals surface area contributed by atoms with Crippen LogP contribution >= 0.6 is 11.8 Å². The molecule has 1 saturated heterocycles. The number of hydrogen-bond acceptors (Lipinski definition) is 5. The van der Waals surface area contributed by atoms with Crippen molar-refractivity contribution in [1.82, 2.24) is 10.2 Å². The van der Waals surface area contributed by atoms with E-state index in [2.05, 4.69) is 5.32 Å². The molecule has 0 atom stereocenters. The first-order valence-corrected chi connectivity index (χ1v) is 11.5. The van der Waals surface area contributed by atoms with E-state index in [0.29, 0.717) is 55.5 Å². The lowest BCUT2D eigenvalue weighted by Crippen LogP contribution is -2.49. The Balaban J connectivity index is 1.59. The zero-order valence-corrected chi connectivity index (χ0v) is 19.0. The lowest BCUT2D eigenvalue weighted by molar-refractivity contribution is -0.137.